The van der Waals surface area contributed by atoms with E-state index in [2.05, 4.69) is 30.2 Å². The minimum Gasteiger partial charge on any atom is -0.307 e. The van der Waals surface area contributed by atoms with Crippen LogP contribution in [0.15, 0.2) is 24.5 Å². The number of hydrogen-bond donors (Lipinski definition) is 1. The van der Waals surface area contributed by atoms with Crippen LogP contribution in [-0.2, 0) is 0 Å². The molecule has 94 valence electrons. The number of nitrogens with one attached hydrogen (secondary N) is 1. The van der Waals surface area contributed by atoms with Gasteiger partial charge in [0.25, 0.3) is 0 Å². The summed E-state index contributed by atoms with van der Waals surface area (Å²) < 4.78 is 0. The van der Waals surface area contributed by atoms with Gasteiger partial charge in [-0.25, -0.2) is 0 Å². The highest BCUT2D eigenvalue weighted by molar-refractivity contribution is 5.13. The van der Waals surface area contributed by atoms with Gasteiger partial charge < -0.3 is 5.32 Å². The van der Waals surface area contributed by atoms with Crippen LogP contribution in [-0.4, -0.2) is 11.0 Å². The second kappa shape index (κ2) is 6.15. The lowest BCUT2D eigenvalue weighted by Crippen LogP contribution is -2.36. The molecule has 0 amide bonds. The molecule has 1 aromatic rings. The Labute approximate surface area is 105 Å². The van der Waals surface area contributed by atoms with Crippen LogP contribution in [0.2, 0.25) is 0 Å². The third kappa shape index (κ3) is 3.53. The quantitative estimate of drug-likeness (QED) is 0.856. The van der Waals surface area contributed by atoms with Crippen molar-refractivity contribution in [2.24, 2.45) is 5.92 Å². The maximum atomic E-state index is 4.19. The molecule has 1 aliphatic carbocycles. The normalized spacial score (nSPS) is 21.1. The van der Waals surface area contributed by atoms with Crippen LogP contribution in [0.5, 0.6) is 0 Å². The van der Waals surface area contributed by atoms with E-state index < -0.39 is 0 Å². The predicted molar refractivity (Wildman–Crippen MR) is 71.8 cm³/mol. The SMILES string of the molecule is CC(N[C@H](C)c1cccnc1)C1CCCCC1. The third-order valence-corrected chi connectivity index (χ3v) is 4.05. The van der Waals surface area contributed by atoms with Crippen LogP contribution in [0, 0.1) is 5.92 Å². The fourth-order valence-corrected chi connectivity index (χ4v) is 2.89. The lowest BCUT2D eigenvalue weighted by atomic mass is 9.84. The van der Waals surface area contributed by atoms with Crippen molar-refractivity contribution in [3.63, 3.8) is 0 Å². The highest BCUT2D eigenvalue weighted by atomic mass is 14.9. The number of rotatable bonds is 4. The standard InChI is InChI=1S/C15H24N2/c1-12(14-7-4-3-5-8-14)17-13(2)15-9-6-10-16-11-15/h6,9-14,17H,3-5,7-8H2,1-2H3/t12?,13-/m1/s1. The minimum absolute atomic E-state index is 0.403. The third-order valence-electron chi connectivity index (χ3n) is 4.05. The molecule has 0 aromatic carbocycles. The van der Waals surface area contributed by atoms with E-state index in [1.165, 1.54) is 37.7 Å². The van der Waals surface area contributed by atoms with E-state index >= 15 is 0 Å². The summed E-state index contributed by atoms with van der Waals surface area (Å²) >= 11 is 0. The Morgan fingerprint density at radius 2 is 2.00 bits per heavy atom. The van der Waals surface area contributed by atoms with E-state index in [0.29, 0.717) is 12.1 Å². The number of pyridine rings is 1. The highest BCUT2D eigenvalue weighted by Crippen LogP contribution is 2.27. The summed E-state index contributed by atoms with van der Waals surface area (Å²) in [5.74, 6) is 0.864. The Kier molecular flexibility index (Phi) is 4.55. The van der Waals surface area contributed by atoms with Crippen molar-refractivity contribution in [3.8, 4) is 0 Å². The fraction of sp³-hybridized carbons (Fsp3) is 0.667. The monoisotopic (exact) mass is 232 g/mol. The highest BCUT2D eigenvalue weighted by Gasteiger charge is 2.21. The van der Waals surface area contributed by atoms with Gasteiger partial charge in [0.2, 0.25) is 0 Å². The minimum atomic E-state index is 0.403. The van der Waals surface area contributed by atoms with Crippen LogP contribution in [0.25, 0.3) is 0 Å². The van der Waals surface area contributed by atoms with E-state index in [1.807, 2.05) is 18.5 Å². The molecule has 17 heavy (non-hydrogen) atoms. The van der Waals surface area contributed by atoms with Crippen molar-refractivity contribution < 1.29 is 0 Å². The molecule has 1 saturated carbocycles. The molecule has 2 rings (SSSR count). The Morgan fingerprint density at radius 1 is 1.24 bits per heavy atom. The zero-order chi connectivity index (χ0) is 12.1. The molecule has 0 bridgehead atoms. The summed E-state index contributed by atoms with van der Waals surface area (Å²) in [7, 11) is 0. The first-order chi connectivity index (χ1) is 8.27. The first-order valence-electron chi connectivity index (χ1n) is 6.93. The number of aromatic nitrogens is 1. The van der Waals surface area contributed by atoms with Gasteiger partial charge in [0.1, 0.15) is 0 Å². The molecule has 1 heterocycles. The van der Waals surface area contributed by atoms with Crippen LogP contribution in [0.4, 0.5) is 0 Å². The molecular formula is C15H24N2. The lowest BCUT2D eigenvalue weighted by Gasteiger charge is -2.30. The molecule has 1 unspecified atom stereocenters. The fourth-order valence-electron chi connectivity index (χ4n) is 2.89. The van der Waals surface area contributed by atoms with Crippen molar-refractivity contribution in [1.29, 1.82) is 0 Å². The summed E-state index contributed by atoms with van der Waals surface area (Å²) in [4.78, 5) is 4.19. The smallest absolute Gasteiger partial charge is 0.0315 e. The average Bonchev–Trinajstić information content (AvgIpc) is 2.40. The second-order valence-electron chi connectivity index (χ2n) is 5.36. The summed E-state index contributed by atoms with van der Waals surface area (Å²) in [6.07, 6.45) is 10.9. The Morgan fingerprint density at radius 3 is 2.65 bits per heavy atom. The Bertz CT molecular complexity index is 317. The van der Waals surface area contributed by atoms with Gasteiger partial charge in [-0.1, -0.05) is 25.3 Å². The topological polar surface area (TPSA) is 24.9 Å². The molecule has 2 heteroatoms. The van der Waals surface area contributed by atoms with Crippen molar-refractivity contribution >= 4 is 0 Å². The van der Waals surface area contributed by atoms with Gasteiger partial charge in [-0.3, -0.25) is 4.98 Å². The van der Waals surface area contributed by atoms with E-state index in [-0.39, 0.29) is 0 Å². The summed E-state index contributed by atoms with van der Waals surface area (Å²) in [5, 5.41) is 3.73. The van der Waals surface area contributed by atoms with Gasteiger partial charge in [-0.05, 0) is 44.2 Å². The van der Waals surface area contributed by atoms with Gasteiger partial charge in [0, 0.05) is 24.5 Å². The van der Waals surface area contributed by atoms with Crippen LogP contribution < -0.4 is 5.32 Å². The molecular weight excluding hydrogens is 208 g/mol. The van der Waals surface area contributed by atoms with Crippen LogP contribution >= 0.6 is 0 Å². The van der Waals surface area contributed by atoms with Gasteiger partial charge in [-0.2, -0.15) is 0 Å². The number of nitrogens with zero attached hydrogens (tertiary/aromatic N) is 1. The molecule has 1 fully saturated rings. The first kappa shape index (κ1) is 12.6. The van der Waals surface area contributed by atoms with Gasteiger partial charge in [0.05, 0.1) is 0 Å². The summed E-state index contributed by atoms with van der Waals surface area (Å²) in [6, 6.07) is 5.18. The van der Waals surface area contributed by atoms with Crippen molar-refractivity contribution in [2.75, 3.05) is 0 Å². The second-order valence-corrected chi connectivity index (χ2v) is 5.36. The Hall–Kier alpha value is -0.890. The Balaban J connectivity index is 1.87. The van der Waals surface area contributed by atoms with Crippen LogP contribution in [0.1, 0.15) is 57.6 Å². The molecule has 1 aliphatic rings. The first-order valence-corrected chi connectivity index (χ1v) is 6.93. The van der Waals surface area contributed by atoms with Gasteiger partial charge in [-0.15, -0.1) is 0 Å². The van der Waals surface area contributed by atoms with Crippen LogP contribution in [0.3, 0.4) is 0 Å². The zero-order valence-electron chi connectivity index (χ0n) is 11.0. The van der Waals surface area contributed by atoms with E-state index in [0.717, 1.165) is 5.92 Å². The molecule has 0 saturated heterocycles. The predicted octanol–water partition coefficient (Wildman–Crippen LogP) is 3.70. The van der Waals surface area contributed by atoms with Gasteiger partial charge >= 0.3 is 0 Å². The average molecular weight is 232 g/mol. The largest absolute Gasteiger partial charge is 0.307 e. The lowest BCUT2D eigenvalue weighted by molar-refractivity contribution is 0.268. The number of hydrogen-bond acceptors (Lipinski definition) is 2. The van der Waals surface area contributed by atoms with Crippen molar-refractivity contribution in [1.82, 2.24) is 10.3 Å². The molecule has 1 N–H and O–H groups in total. The molecule has 2 atom stereocenters. The molecule has 1 aromatic heterocycles. The molecule has 2 nitrogen and oxygen atoms in total. The zero-order valence-corrected chi connectivity index (χ0v) is 11.0. The van der Waals surface area contributed by atoms with Crippen molar-refractivity contribution in [2.45, 2.75) is 58.0 Å². The van der Waals surface area contributed by atoms with E-state index in [1.54, 1.807) is 0 Å². The van der Waals surface area contributed by atoms with Crippen molar-refractivity contribution in [3.05, 3.63) is 30.1 Å². The molecule has 0 radical (unpaired) electrons. The summed E-state index contributed by atoms with van der Waals surface area (Å²) in [5.41, 5.74) is 1.29. The molecule has 0 spiro atoms. The molecule has 0 aliphatic heterocycles. The maximum Gasteiger partial charge on any atom is 0.0315 e. The maximum absolute atomic E-state index is 4.19. The van der Waals surface area contributed by atoms with E-state index in [4.69, 9.17) is 0 Å². The van der Waals surface area contributed by atoms with Gasteiger partial charge in [0.15, 0.2) is 0 Å². The van der Waals surface area contributed by atoms with E-state index in [9.17, 15) is 0 Å². The summed E-state index contributed by atoms with van der Waals surface area (Å²) in [6.45, 7) is 4.57.